The van der Waals surface area contributed by atoms with Gasteiger partial charge in [-0.3, -0.25) is 0 Å². The summed E-state index contributed by atoms with van der Waals surface area (Å²) in [6.45, 7) is 9.48. The minimum absolute atomic E-state index is 0.128. The van der Waals surface area contributed by atoms with Gasteiger partial charge in [0.1, 0.15) is 5.82 Å². The highest BCUT2D eigenvalue weighted by Gasteiger charge is 2.13. The number of nitrogens with one attached hydrogen (secondary N) is 1. The van der Waals surface area contributed by atoms with Crippen LogP contribution in [0.15, 0.2) is 48.5 Å². The zero-order valence-corrected chi connectivity index (χ0v) is 13.3. The van der Waals surface area contributed by atoms with E-state index >= 15 is 0 Å². The molecule has 0 amide bonds. The maximum absolute atomic E-state index is 13.2. The fourth-order valence-corrected chi connectivity index (χ4v) is 2.29. The molecule has 0 radical (unpaired) electrons. The molecule has 0 saturated carbocycles. The van der Waals surface area contributed by atoms with Crippen LogP contribution in [0.1, 0.15) is 50.4 Å². The molecular weight excluding hydrogens is 261 g/mol. The molecule has 2 aromatic carbocycles. The molecule has 0 heterocycles. The summed E-state index contributed by atoms with van der Waals surface area (Å²) in [7, 11) is 0. The van der Waals surface area contributed by atoms with Crippen LogP contribution in [0.4, 0.5) is 4.39 Å². The van der Waals surface area contributed by atoms with Crippen LogP contribution in [0.3, 0.4) is 0 Å². The highest BCUT2D eigenvalue weighted by atomic mass is 19.1. The van der Waals surface area contributed by atoms with Gasteiger partial charge in [-0.15, -0.1) is 0 Å². The Morgan fingerprint density at radius 2 is 1.71 bits per heavy atom. The van der Waals surface area contributed by atoms with E-state index in [4.69, 9.17) is 0 Å². The molecule has 0 saturated heterocycles. The minimum atomic E-state index is -0.185. The molecule has 1 unspecified atom stereocenters. The van der Waals surface area contributed by atoms with Crippen molar-refractivity contribution in [1.29, 1.82) is 0 Å². The molecule has 0 spiro atoms. The van der Waals surface area contributed by atoms with E-state index in [1.54, 1.807) is 12.1 Å². The quantitative estimate of drug-likeness (QED) is 0.836. The normalized spacial score (nSPS) is 13.2. The zero-order chi connectivity index (χ0) is 15.5. The third-order valence-electron chi connectivity index (χ3n) is 3.78. The summed E-state index contributed by atoms with van der Waals surface area (Å²) in [6, 6.07) is 15.6. The third kappa shape index (κ3) is 4.40. The summed E-state index contributed by atoms with van der Waals surface area (Å²) in [5.41, 5.74) is 3.73. The Balaban J connectivity index is 1.97. The van der Waals surface area contributed by atoms with Crippen molar-refractivity contribution in [2.45, 2.75) is 45.7 Å². The lowest BCUT2D eigenvalue weighted by Gasteiger charge is -2.19. The molecule has 0 fully saturated rings. The third-order valence-corrected chi connectivity index (χ3v) is 3.78. The summed E-state index contributed by atoms with van der Waals surface area (Å²) >= 11 is 0. The van der Waals surface area contributed by atoms with Gasteiger partial charge in [-0.25, -0.2) is 4.39 Å². The number of hydrogen-bond donors (Lipinski definition) is 1. The molecule has 21 heavy (non-hydrogen) atoms. The first-order valence-electron chi connectivity index (χ1n) is 7.44. The fraction of sp³-hybridized carbons (Fsp3) is 0.368. The summed E-state index contributed by atoms with van der Waals surface area (Å²) < 4.78 is 13.2. The van der Waals surface area contributed by atoms with Gasteiger partial charge in [-0.1, -0.05) is 57.2 Å². The van der Waals surface area contributed by atoms with Crippen molar-refractivity contribution in [3.8, 4) is 0 Å². The van der Waals surface area contributed by atoms with E-state index in [1.165, 1.54) is 17.2 Å². The summed E-state index contributed by atoms with van der Waals surface area (Å²) in [4.78, 5) is 0. The van der Waals surface area contributed by atoms with Crippen LogP contribution >= 0.6 is 0 Å². The Morgan fingerprint density at radius 1 is 1.05 bits per heavy atom. The molecule has 0 bridgehead atoms. The van der Waals surface area contributed by atoms with E-state index in [1.807, 2.05) is 6.07 Å². The van der Waals surface area contributed by atoms with E-state index in [0.29, 0.717) is 0 Å². The minimum Gasteiger partial charge on any atom is -0.306 e. The van der Waals surface area contributed by atoms with Crippen LogP contribution < -0.4 is 5.32 Å². The maximum atomic E-state index is 13.2. The number of rotatable bonds is 4. The largest absolute Gasteiger partial charge is 0.306 e. The van der Waals surface area contributed by atoms with Gasteiger partial charge in [0.05, 0.1) is 0 Å². The SMILES string of the molecule is CC(NCc1ccc(C(C)(C)C)cc1)c1cccc(F)c1. The van der Waals surface area contributed by atoms with Gasteiger partial charge in [-0.2, -0.15) is 0 Å². The zero-order valence-electron chi connectivity index (χ0n) is 13.3. The van der Waals surface area contributed by atoms with Crippen molar-refractivity contribution in [1.82, 2.24) is 5.32 Å². The molecule has 2 aromatic rings. The van der Waals surface area contributed by atoms with Gasteiger partial charge in [0.25, 0.3) is 0 Å². The second kappa shape index (κ2) is 6.40. The highest BCUT2D eigenvalue weighted by molar-refractivity contribution is 5.27. The van der Waals surface area contributed by atoms with E-state index in [-0.39, 0.29) is 17.3 Å². The van der Waals surface area contributed by atoms with Crippen LogP contribution in [0, 0.1) is 5.82 Å². The molecule has 1 atom stereocenters. The molecule has 0 aliphatic rings. The van der Waals surface area contributed by atoms with Gasteiger partial charge >= 0.3 is 0 Å². The average Bonchev–Trinajstić information content (AvgIpc) is 2.44. The first-order valence-corrected chi connectivity index (χ1v) is 7.44. The molecular formula is C19H24FN. The first kappa shape index (κ1) is 15.7. The van der Waals surface area contributed by atoms with Gasteiger partial charge in [0.15, 0.2) is 0 Å². The number of hydrogen-bond acceptors (Lipinski definition) is 1. The Bertz CT molecular complexity index is 581. The second-order valence-corrected chi connectivity index (χ2v) is 6.60. The smallest absolute Gasteiger partial charge is 0.123 e. The Morgan fingerprint density at radius 3 is 2.29 bits per heavy atom. The van der Waals surface area contributed by atoms with Crippen molar-refractivity contribution >= 4 is 0 Å². The summed E-state index contributed by atoms with van der Waals surface area (Å²) in [5.74, 6) is -0.185. The predicted molar refractivity (Wildman–Crippen MR) is 86.8 cm³/mol. The Kier molecular flexibility index (Phi) is 4.79. The first-order chi connectivity index (χ1) is 9.86. The number of benzene rings is 2. The van der Waals surface area contributed by atoms with E-state index in [9.17, 15) is 4.39 Å². The van der Waals surface area contributed by atoms with Crippen LogP contribution in [-0.2, 0) is 12.0 Å². The van der Waals surface area contributed by atoms with E-state index < -0.39 is 0 Å². The van der Waals surface area contributed by atoms with E-state index in [2.05, 4.69) is 57.3 Å². The summed E-state index contributed by atoms with van der Waals surface area (Å²) in [6.07, 6.45) is 0. The molecule has 112 valence electrons. The standard InChI is InChI=1S/C19H24FN/c1-14(16-6-5-7-18(20)12-16)21-13-15-8-10-17(11-9-15)19(2,3)4/h5-12,14,21H,13H2,1-4H3. The van der Waals surface area contributed by atoms with Crippen LogP contribution in [0.2, 0.25) is 0 Å². The van der Waals surface area contributed by atoms with Gasteiger partial charge in [0.2, 0.25) is 0 Å². The lowest BCUT2D eigenvalue weighted by atomic mass is 9.87. The average molecular weight is 285 g/mol. The van der Waals surface area contributed by atoms with E-state index in [0.717, 1.165) is 12.1 Å². The topological polar surface area (TPSA) is 12.0 Å². The van der Waals surface area contributed by atoms with Crippen LogP contribution in [0.25, 0.3) is 0 Å². The van der Waals surface area contributed by atoms with Crippen LogP contribution in [-0.4, -0.2) is 0 Å². The monoisotopic (exact) mass is 285 g/mol. The van der Waals surface area contributed by atoms with Crippen molar-refractivity contribution in [3.05, 3.63) is 71.0 Å². The summed E-state index contributed by atoms with van der Waals surface area (Å²) in [5, 5.41) is 3.43. The van der Waals surface area contributed by atoms with Gasteiger partial charge in [0, 0.05) is 12.6 Å². The molecule has 2 heteroatoms. The maximum Gasteiger partial charge on any atom is 0.123 e. The molecule has 1 nitrogen and oxygen atoms in total. The molecule has 0 aliphatic carbocycles. The van der Waals surface area contributed by atoms with Crippen molar-refractivity contribution < 1.29 is 4.39 Å². The lowest BCUT2D eigenvalue weighted by Crippen LogP contribution is -2.18. The molecule has 0 aromatic heterocycles. The second-order valence-electron chi connectivity index (χ2n) is 6.60. The number of halogens is 1. The highest BCUT2D eigenvalue weighted by Crippen LogP contribution is 2.22. The van der Waals surface area contributed by atoms with Gasteiger partial charge in [-0.05, 0) is 41.2 Å². The lowest BCUT2D eigenvalue weighted by molar-refractivity contribution is 0.563. The fourth-order valence-electron chi connectivity index (χ4n) is 2.29. The predicted octanol–water partition coefficient (Wildman–Crippen LogP) is 4.97. The van der Waals surface area contributed by atoms with Crippen molar-refractivity contribution in [2.24, 2.45) is 0 Å². The van der Waals surface area contributed by atoms with Crippen molar-refractivity contribution in [3.63, 3.8) is 0 Å². The molecule has 1 N–H and O–H groups in total. The Labute approximate surface area is 127 Å². The van der Waals surface area contributed by atoms with Crippen molar-refractivity contribution in [2.75, 3.05) is 0 Å². The molecule has 2 rings (SSSR count). The van der Waals surface area contributed by atoms with Crippen LogP contribution in [0.5, 0.6) is 0 Å². The molecule has 0 aliphatic heterocycles. The van der Waals surface area contributed by atoms with Gasteiger partial charge < -0.3 is 5.32 Å². The Hall–Kier alpha value is -1.67.